The largest absolute Gasteiger partial charge is 0.484 e. The van der Waals surface area contributed by atoms with Crippen LogP contribution in [0.2, 0.25) is 5.02 Å². The minimum absolute atomic E-state index is 0.116. The summed E-state index contributed by atoms with van der Waals surface area (Å²) in [5, 5.41) is 10.9. The highest BCUT2D eigenvalue weighted by molar-refractivity contribution is 6.32. The van der Waals surface area contributed by atoms with Crippen LogP contribution in [0.3, 0.4) is 0 Å². The molecule has 2 rings (SSSR count). The average Bonchev–Trinajstić information content (AvgIpc) is 2.84. The molecular weight excluding hydrogens is 284 g/mol. The number of Topliss-reactive ketones (excluding diaryl/α,β-unsaturated/α-hetero) is 1. The lowest BCUT2D eigenvalue weighted by Crippen LogP contribution is -2.11. The summed E-state index contributed by atoms with van der Waals surface area (Å²) in [6.07, 6.45) is 3.41. The highest BCUT2D eigenvalue weighted by atomic mass is 35.5. The number of nitrogens with zero attached hydrogens (tertiary/aromatic N) is 2. The molecule has 0 N–H and O–H groups in total. The van der Waals surface area contributed by atoms with E-state index in [0.717, 1.165) is 0 Å². The summed E-state index contributed by atoms with van der Waals surface area (Å²) >= 11 is 5.87. The zero-order chi connectivity index (χ0) is 14.7. The molecule has 0 atom stereocenters. The van der Waals surface area contributed by atoms with E-state index < -0.39 is 4.92 Å². The van der Waals surface area contributed by atoms with Gasteiger partial charge in [-0.25, -0.2) is 0 Å². The Kier molecular flexibility index (Phi) is 4.05. The first kappa shape index (κ1) is 14.1. The fraction of sp³-hybridized carbons (Fsp3) is 0.154. The minimum Gasteiger partial charge on any atom is -0.484 e. The topological polar surface area (TPSA) is 74.4 Å². The van der Waals surface area contributed by atoms with Gasteiger partial charge in [0.15, 0.2) is 6.61 Å². The number of ether oxygens (including phenoxy) is 1. The van der Waals surface area contributed by atoms with Crippen LogP contribution in [0.4, 0.5) is 5.69 Å². The Balaban J connectivity index is 2.09. The van der Waals surface area contributed by atoms with Crippen molar-refractivity contribution in [2.24, 2.45) is 7.05 Å². The third-order valence-electron chi connectivity index (χ3n) is 2.64. The molecule has 0 amide bonds. The van der Waals surface area contributed by atoms with E-state index >= 15 is 0 Å². The van der Waals surface area contributed by atoms with Crippen molar-refractivity contribution in [1.82, 2.24) is 4.57 Å². The van der Waals surface area contributed by atoms with Gasteiger partial charge in [0.25, 0.3) is 5.69 Å². The molecule has 104 valence electrons. The molecule has 0 saturated heterocycles. The molecule has 20 heavy (non-hydrogen) atoms. The van der Waals surface area contributed by atoms with Gasteiger partial charge < -0.3 is 9.30 Å². The van der Waals surface area contributed by atoms with Crippen LogP contribution < -0.4 is 4.74 Å². The molecule has 0 aliphatic heterocycles. The van der Waals surface area contributed by atoms with Crippen LogP contribution in [0.15, 0.2) is 36.7 Å². The third-order valence-corrected chi connectivity index (χ3v) is 2.95. The van der Waals surface area contributed by atoms with Crippen molar-refractivity contribution in [2.75, 3.05) is 6.61 Å². The van der Waals surface area contributed by atoms with Gasteiger partial charge in [0, 0.05) is 31.1 Å². The lowest BCUT2D eigenvalue weighted by atomic mass is 10.2. The molecule has 1 aromatic heterocycles. The second kappa shape index (κ2) is 5.75. The van der Waals surface area contributed by atoms with Gasteiger partial charge in [-0.1, -0.05) is 11.6 Å². The van der Waals surface area contributed by atoms with Gasteiger partial charge in [-0.2, -0.15) is 0 Å². The normalized spacial score (nSPS) is 10.3. The Morgan fingerprint density at radius 2 is 2.20 bits per heavy atom. The number of hydrogen-bond acceptors (Lipinski definition) is 4. The molecule has 7 heteroatoms. The summed E-state index contributed by atoms with van der Waals surface area (Å²) in [4.78, 5) is 22.0. The second-order valence-corrected chi connectivity index (χ2v) is 4.56. The molecule has 0 radical (unpaired) electrons. The monoisotopic (exact) mass is 294 g/mol. The minimum atomic E-state index is -0.553. The molecule has 0 aliphatic carbocycles. The Bertz CT molecular complexity index is 666. The molecule has 0 bridgehead atoms. The van der Waals surface area contributed by atoms with Crippen LogP contribution in [0.1, 0.15) is 10.4 Å². The lowest BCUT2D eigenvalue weighted by molar-refractivity contribution is -0.384. The van der Waals surface area contributed by atoms with Gasteiger partial charge in [0.2, 0.25) is 5.78 Å². The van der Waals surface area contributed by atoms with E-state index in [0.29, 0.717) is 5.56 Å². The molecule has 0 saturated carbocycles. The van der Waals surface area contributed by atoms with E-state index in [1.165, 1.54) is 18.2 Å². The maximum atomic E-state index is 11.8. The number of nitro benzene ring substituents is 1. The Hall–Kier alpha value is -2.34. The van der Waals surface area contributed by atoms with E-state index in [4.69, 9.17) is 16.3 Å². The predicted molar refractivity (Wildman–Crippen MR) is 73.3 cm³/mol. The standard InChI is InChI=1S/C13H11ClN2O4/c1-15-5-4-9(7-15)12(17)8-20-13-6-10(16(18)19)2-3-11(13)14/h2-7H,8H2,1H3. The SMILES string of the molecule is Cn1ccc(C(=O)COc2cc([N+](=O)[O-])ccc2Cl)c1. The van der Waals surface area contributed by atoms with Crippen molar-refractivity contribution in [2.45, 2.75) is 0 Å². The van der Waals surface area contributed by atoms with Crippen LogP contribution >= 0.6 is 11.6 Å². The van der Waals surface area contributed by atoms with Crippen LogP contribution in [0.5, 0.6) is 5.75 Å². The first-order valence-corrected chi connectivity index (χ1v) is 6.07. The lowest BCUT2D eigenvalue weighted by Gasteiger charge is -2.06. The highest BCUT2D eigenvalue weighted by Gasteiger charge is 2.13. The molecule has 1 aromatic carbocycles. The molecular formula is C13H11ClN2O4. The average molecular weight is 295 g/mol. The van der Waals surface area contributed by atoms with E-state index in [1.807, 2.05) is 0 Å². The van der Waals surface area contributed by atoms with Crippen molar-refractivity contribution >= 4 is 23.1 Å². The molecule has 0 unspecified atom stereocenters. The van der Waals surface area contributed by atoms with E-state index in [-0.39, 0.29) is 28.8 Å². The number of rotatable bonds is 5. The molecule has 2 aromatic rings. The van der Waals surface area contributed by atoms with Crippen LogP contribution in [-0.4, -0.2) is 21.9 Å². The Morgan fingerprint density at radius 3 is 2.80 bits per heavy atom. The summed E-state index contributed by atoms with van der Waals surface area (Å²) in [6.45, 7) is -0.231. The number of nitro groups is 1. The molecule has 0 aliphatic rings. The van der Waals surface area contributed by atoms with Gasteiger partial charge in [-0.05, 0) is 12.1 Å². The Morgan fingerprint density at radius 1 is 1.45 bits per heavy atom. The molecule has 0 fully saturated rings. The number of hydrogen-bond donors (Lipinski definition) is 0. The quantitative estimate of drug-likeness (QED) is 0.483. The maximum absolute atomic E-state index is 11.8. The van der Waals surface area contributed by atoms with E-state index in [9.17, 15) is 14.9 Å². The number of carbonyl (C=O) groups is 1. The highest BCUT2D eigenvalue weighted by Crippen LogP contribution is 2.28. The second-order valence-electron chi connectivity index (χ2n) is 4.15. The van der Waals surface area contributed by atoms with Crippen molar-refractivity contribution in [3.8, 4) is 5.75 Å². The molecule has 0 spiro atoms. The number of ketones is 1. The zero-order valence-electron chi connectivity index (χ0n) is 10.6. The van der Waals surface area contributed by atoms with Crippen molar-refractivity contribution < 1.29 is 14.5 Å². The summed E-state index contributed by atoms with van der Waals surface area (Å²) in [7, 11) is 1.80. The number of carbonyl (C=O) groups excluding carboxylic acids is 1. The number of halogens is 1. The van der Waals surface area contributed by atoms with Crippen LogP contribution in [0, 0.1) is 10.1 Å². The van der Waals surface area contributed by atoms with Gasteiger partial charge in [-0.15, -0.1) is 0 Å². The summed E-state index contributed by atoms with van der Waals surface area (Å²) in [5.41, 5.74) is 0.366. The number of benzene rings is 1. The number of aromatic nitrogens is 1. The zero-order valence-corrected chi connectivity index (χ0v) is 11.3. The smallest absolute Gasteiger partial charge is 0.273 e. The third kappa shape index (κ3) is 3.16. The van der Waals surface area contributed by atoms with Gasteiger partial charge >= 0.3 is 0 Å². The summed E-state index contributed by atoms with van der Waals surface area (Å²) < 4.78 is 7.00. The predicted octanol–water partition coefficient (Wildman–Crippen LogP) is 2.85. The first-order chi connectivity index (χ1) is 9.47. The van der Waals surface area contributed by atoms with Crippen LogP contribution in [0.25, 0.3) is 0 Å². The number of aryl methyl sites for hydroxylation is 1. The van der Waals surface area contributed by atoms with Gasteiger partial charge in [-0.3, -0.25) is 14.9 Å². The van der Waals surface area contributed by atoms with Gasteiger partial charge in [0.1, 0.15) is 5.75 Å². The number of non-ortho nitro benzene ring substituents is 1. The first-order valence-electron chi connectivity index (χ1n) is 5.69. The van der Waals surface area contributed by atoms with Crippen molar-refractivity contribution in [1.29, 1.82) is 0 Å². The van der Waals surface area contributed by atoms with E-state index in [2.05, 4.69) is 0 Å². The fourth-order valence-corrected chi connectivity index (χ4v) is 1.78. The van der Waals surface area contributed by atoms with E-state index in [1.54, 1.807) is 30.1 Å². The Labute approximate surface area is 119 Å². The van der Waals surface area contributed by atoms with Crippen molar-refractivity contribution in [3.63, 3.8) is 0 Å². The summed E-state index contributed by atoms with van der Waals surface area (Å²) in [6, 6.07) is 5.50. The van der Waals surface area contributed by atoms with Crippen LogP contribution in [-0.2, 0) is 7.05 Å². The summed E-state index contributed by atoms with van der Waals surface area (Å²) in [5.74, 6) is -0.113. The molecule has 6 nitrogen and oxygen atoms in total. The maximum Gasteiger partial charge on any atom is 0.273 e. The van der Waals surface area contributed by atoms with Crippen molar-refractivity contribution in [3.05, 3.63) is 57.4 Å². The van der Waals surface area contributed by atoms with Gasteiger partial charge in [0.05, 0.1) is 16.0 Å². The molecule has 1 heterocycles. The fourth-order valence-electron chi connectivity index (χ4n) is 1.61.